The number of ether oxygens (including phenoxy) is 1. The highest BCUT2D eigenvalue weighted by Gasteiger charge is 2.14. The van der Waals surface area contributed by atoms with E-state index in [1.807, 2.05) is 35.0 Å². The molecule has 3 rings (SSSR count). The molecule has 3 aromatic rings. The molecule has 0 aliphatic carbocycles. The van der Waals surface area contributed by atoms with E-state index in [0.29, 0.717) is 23.2 Å². The molecule has 2 aromatic carbocycles. The second kappa shape index (κ2) is 7.99. The molecule has 27 heavy (non-hydrogen) atoms. The fraction of sp³-hybridized carbons (Fsp3) is 0.200. The molecule has 1 aromatic heterocycles. The lowest BCUT2D eigenvalue weighted by Gasteiger charge is -2.13. The number of amides is 1. The summed E-state index contributed by atoms with van der Waals surface area (Å²) >= 11 is 0. The fourth-order valence-corrected chi connectivity index (χ4v) is 2.84. The highest BCUT2D eigenvalue weighted by atomic mass is 19.3. The number of benzene rings is 2. The van der Waals surface area contributed by atoms with Gasteiger partial charge in [0.15, 0.2) is 0 Å². The normalized spacial score (nSPS) is 10.9. The maximum Gasteiger partial charge on any atom is 0.387 e. The van der Waals surface area contributed by atoms with Crippen LogP contribution in [0.3, 0.4) is 0 Å². The molecule has 0 saturated heterocycles. The topological polar surface area (TPSA) is 56.2 Å². The lowest BCUT2D eigenvalue weighted by molar-refractivity contribution is -0.0507. The molecule has 0 bridgehead atoms. The molecule has 0 spiro atoms. The first-order valence-electron chi connectivity index (χ1n) is 8.35. The summed E-state index contributed by atoms with van der Waals surface area (Å²) in [6.45, 7) is 0.732. The average Bonchev–Trinajstić information content (AvgIpc) is 3.17. The van der Waals surface area contributed by atoms with E-state index in [1.165, 1.54) is 0 Å². The van der Waals surface area contributed by atoms with E-state index < -0.39 is 6.61 Å². The number of halogens is 2. The van der Waals surface area contributed by atoms with Crippen LogP contribution in [0.4, 0.5) is 8.78 Å². The van der Waals surface area contributed by atoms with Crippen molar-refractivity contribution >= 4 is 5.91 Å². The maximum absolute atomic E-state index is 12.5. The second-order valence-electron chi connectivity index (χ2n) is 6.14. The standard InChI is InChI=1S/C20H19F2N3O2/c1-13-9-16(10-14(2)18(13)27-20(21)22)19(26)24-11-15-3-5-17(6-4-15)25-8-7-23-12-25/h3-10,12,20H,11H2,1-2H3,(H,24,26). The van der Waals surface area contributed by atoms with Crippen molar-refractivity contribution in [3.8, 4) is 11.4 Å². The van der Waals surface area contributed by atoms with Crippen LogP contribution in [0.1, 0.15) is 27.0 Å². The van der Waals surface area contributed by atoms with Gasteiger partial charge >= 0.3 is 6.61 Å². The van der Waals surface area contributed by atoms with Crippen LogP contribution in [0, 0.1) is 13.8 Å². The van der Waals surface area contributed by atoms with E-state index in [0.717, 1.165) is 11.3 Å². The molecule has 0 aliphatic heterocycles. The molecular weight excluding hydrogens is 352 g/mol. The minimum atomic E-state index is -2.90. The molecular formula is C20H19F2N3O2. The highest BCUT2D eigenvalue weighted by Crippen LogP contribution is 2.26. The molecule has 0 fully saturated rings. The van der Waals surface area contributed by atoms with Gasteiger partial charge in [-0.05, 0) is 54.8 Å². The number of hydrogen-bond acceptors (Lipinski definition) is 3. The summed E-state index contributed by atoms with van der Waals surface area (Å²) in [6, 6.07) is 10.8. The Morgan fingerprint density at radius 3 is 2.41 bits per heavy atom. The molecule has 0 atom stereocenters. The van der Waals surface area contributed by atoms with E-state index in [4.69, 9.17) is 0 Å². The number of imidazole rings is 1. The smallest absolute Gasteiger partial charge is 0.387 e. The summed E-state index contributed by atoms with van der Waals surface area (Å²) in [5, 5.41) is 2.84. The first-order valence-corrected chi connectivity index (χ1v) is 8.35. The molecule has 0 saturated carbocycles. The van der Waals surface area contributed by atoms with E-state index >= 15 is 0 Å². The van der Waals surface area contributed by atoms with Crippen molar-refractivity contribution in [2.45, 2.75) is 27.0 Å². The molecule has 5 nitrogen and oxygen atoms in total. The quantitative estimate of drug-likeness (QED) is 0.712. The number of alkyl halides is 2. The Hall–Kier alpha value is -3.22. The van der Waals surface area contributed by atoms with Gasteiger partial charge in [0.2, 0.25) is 0 Å². The Morgan fingerprint density at radius 1 is 1.19 bits per heavy atom. The van der Waals surface area contributed by atoms with Crippen molar-refractivity contribution < 1.29 is 18.3 Å². The largest absolute Gasteiger partial charge is 0.434 e. The van der Waals surface area contributed by atoms with Gasteiger partial charge in [-0.3, -0.25) is 4.79 Å². The van der Waals surface area contributed by atoms with Crippen molar-refractivity contribution in [2.75, 3.05) is 0 Å². The zero-order valence-corrected chi connectivity index (χ0v) is 14.9. The lowest BCUT2D eigenvalue weighted by atomic mass is 10.0. The van der Waals surface area contributed by atoms with Crippen molar-refractivity contribution in [3.05, 3.63) is 77.4 Å². The van der Waals surface area contributed by atoms with E-state index in [2.05, 4.69) is 15.0 Å². The summed E-state index contributed by atoms with van der Waals surface area (Å²) < 4.78 is 31.3. The van der Waals surface area contributed by atoms with Gasteiger partial charge in [-0.15, -0.1) is 0 Å². The number of aromatic nitrogens is 2. The Balaban J connectivity index is 1.65. The molecule has 7 heteroatoms. The second-order valence-corrected chi connectivity index (χ2v) is 6.14. The van der Waals surface area contributed by atoms with Gasteiger partial charge in [-0.1, -0.05) is 12.1 Å². The van der Waals surface area contributed by atoms with Gasteiger partial charge in [-0.25, -0.2) is 4.98 Å². The Bertz CT molecular complexity index is 900. The summed E-state index contributed by atoms with van der Waals surface area (Å²) in [5.74, 6) is -0.167. The lowest BCUT2D eigenvalue weighted by Crippen LogP contribution is -2.23. The summed E-state index contributed by atoms with van der Waals surface area (Å²) in [7, 11) is 0. The van der Waals surface area contributed by atoms with Crippen LogP contribution in [0.5, 0.6) is 5.75 Å². The van der Waals surface area contributed by atoms with Crippen molar-refractivity contribution in [3.63, 3.8) is 0 Å². The number of nitrogens with one attached hydrogen (secondary N) is 1. The minimum Gasteiger partial charge on any atom is -0.434 e. The molecule has 0 radical (unpaired) electrons. The van der Waals surface area contributed by atoms with Gasteiger partial charge in [0.1, 0.15) is 5.75 Å². The number of aryl methyl sites for hydroxylation is 2. The van der Waals surface area contributed by atoms with E-state index in [-0.39, 0.29) is 11.7 Å². The zero-order chi connectivity index (χ0) is 19.4. The Kier molecular flexibility index (Phi) is 5.49. The monoisotopic (exact) mass is 371 g/mol. The third-order valence-electron chi connectivity index (χ3n) is 4.12. The predicted octanol–water partition coefficient (Wildman–Crippen LogP) is 4.02. The molecule has 0 aliphatic rings. The molecule has 140 valence electrons. The van der Waals surface area contributed by atoms with Gasteiger partial charge < -0.3 is 14.6 Å². The fourth-order valence-electron chi connectivity index (χ4n) is 2.84. The molecule has 0 unspecified atom stereocenters. The third-order valence-corrected chi connectivity index (χ3v) is 4.12. The molecule has 1 amide bonds. The number of hydrogen-bond donors (Lipinski definition) is 1. The van der Waals surface area contributed by atoms with Gasteiger partial charge in [0.25, 0.3) is 5.91 Å². The van der Waals surface area contributed by atoms with Crippen LogP contribution in [0.25, 0.3) is 5.69 Å². The summed E-state index contributed by atoms with van der Waals surface area (Å²) in [4.78, 5) is 16.4. The van der Waals surface area contributed by atoms with Crippen LogP contribution in [-0.2, 0) is 6.54 Å². The first kappa shape index (κ1) is 18.6. The van der Waals surface area contributed by atoms with Crippen molar-refractivity contribution in [1.29, 1.82) is 0 Å². The SMILES string of the molecule is Cc1cc(C(=O)NCc2ccc(-n3ccnc3)cc2)cc(C)c1OC(F)F. The third kappa shape index (κ3) is 4.49. The predicted molar refractivity (Wildman–Crippen MR) is 97.3 cm³/mol. The Morgan fingerprint density at radius 2 is 1.85 bits per heavy atom. The number of nitrogens with zero attached hydrogens (tertiary/aromatic N) is 2. The van der Waals surface area contributed by atoms with Gasteiger partial charge in [-0.2, -0.15) is 8.78 Å². The van der Waals surface area contributed by atoms with Crippen LogP contribution < -0.4 is 10.1 Å². The minimum absolute atomic E-state index is 0.108. The average molecular weight is 371 g/mol. The maximum atomic E-state index is 12.5. The first-order chi connectivity index (χ1) is 12.9. The van der Waals surface area contributed by atoms with E-state index in [1.54, 1.807) is 38.5 Å². The van der Waals surface area contributed by atoms with Crippen LogP contribution in [0.15, 0.2) is 55.1 Å². The van der Waals surface area contributed by atoms with Crippen LogP contribution >= 0.6 is 0 Å². The molecule has 1 heterocycles. The highest BCUT2D eigenvalue weighted by molar-refractivity contribution is 5.94. The number of carbonyl (C=O) groups excluding carboxylic acids is 1. The van der Waals surface area contributed by atoms with Crippen molar-refractivity contribution in [1.82, 2.24) is 14.9 Å². The number of rotatable bonds is 6. The van der Waals surface area contributed by atoms with Crippen molar-refractivity contribution in [2.24, 2.45) is 0 Å². The van der Waals surface area contributed by atoms with Gasteiger partial charge in [0, 0.05) is 30.2 Å². The Labute approximate surface area is 155 Å². The van der Waals surface area contributed by atoms with Gasteiger partial charge in [0.05, 0.1) is 6.33 Å². The molecule has 1 N–H and O–H groups in total. The zero-order valence-electron chi connectivity index (χ0n) is 14.9. The van der Waals surface area contributed by atoms with Crippen LogP contribution in [-0.4, -0.2) is 22.1 Å². The van der Waals surface area contributed by atoms with E-state index in [9.17, 15) is 13.6 Å². The number of carbonyl (C=O) groups is 1. The summed E-state index contributed by atoms with van der Waals surface area (Å²) in [6.07, 6.45) is 5.27. The summed E-state index contributed by atoms with van der Waals surface area (Å²) in [5.41, 5.74) is 3.30. The van der Waals surface area contributed by atoms with Crippen LogP contribution in [0.2, 0.25) is 0 Å².